The van der Waals surface area contributed by atoms with Gasteiger partial charge in [-0.1, -0.05) is 18.2 Å². The number of imidazole rings is 1. The van der Waals surface area contributed by atoms with Crippen molar-refractivity contribution in [2.45, 2.75) is 26.3 Å². The number of fused-ring (bicyclic) bond motifs is 1. The van der Waals surface area contributed by atoms with E-state index in [9.17, 15) is 0 Å². The molecule has 4 rings (SSSR count). The summed E-state index contributed by atoms with van der Waals surface area (Å²) in [5.41, 5.74) is 10.9. The molecule has 0 aliphatic rings. The topological polar surface area (TPSA) is 120 Å². The summed E-state index contributed by atoms with van der Waals surface area (Å²) in [6.07, 6.45) is 6.45. The number of nitrogens with two attached hydrogens (primary N) is 2. The number of benzene rings is 2. The molecule has 0 radical (unpaired) electrons. The van der Waals surface area contributed by atoms with Crippen LogP contribution < -0.4 is 11.6 Å². The summed E-state index contributed by atoms with van der Waals surface area (Å²) in [6, 6.07) is 14.1. The van der Waals surface area contributed by atoms with Gasteiger partial charge in [0.25, 0.3) is 0 Å². The van der Waals surface area contributed by atoms with Crippen LogP contribution in [0.3, 0.4) is 0 Å². The Labute approximate surface area is 180 Å². The maximum atomic E-state index is 5.62. The molecular formula is C23H24N8. The maximum absolute atomic E-state index is 5.62. The lowest BCUT2D eigenvalue weighted by Gasteiger charge is -2.25. The second-order valence-electron chi connectivity index (χ2n) is 8.07. The number of para-hydroxylation sites is 1. The lowest BCUT2D eigenvalue weighted by Crippen LogP contribution is -2.22. The first kappa shape index (κ1) is 20.2. The molecule has 0 saturated carbocycles. The molecule has 0 atom stereocenters. The Hall–Kier alpha value is -4.07. The molecule has 4 aromatic rings. The Kier molecular flexibility index (Phi) is 5.21. The van der Waals surface area contributed by atoms with Crippen LogP contribution in [0.25, 0.3) is 33.5 Å². The molecule has 0 fully saturated rings. The average Bonchev–Trinajstić information content (AvgIpc) is 3.14. The summed E-state index contributed by atoms with van der Waals surface area (Å²) >= 11 is 0. The standard InChI is InChI=1S/C23H24N8/c1-23(2,3)31-20-9-8-15(16-13-27-22(24)28-14-16)12-19(20)30-21(31)17-6-4-5-7-18(17)26-10-11-29-25/h4-14H,25H2,1-3H3,(H2,24,27,28). The van der Waals surface area contributed by atoms with Crippen LogP contribution in [0.2, 0.25) is 0 Å². The molecule has 0 aliphatic heterocycles. The average molecular weight is 413 g/mol. The first-order valence-electron chi connectivity index (χ1n) is 9.84. The Morgan fingerprint density at radius 2 is 1.71 bits per heavy atom. The third-order valence-corrected chi connectivity index (χ3v) is 4.84. The fraction of sp³-hybridized carbons (Fsp3) is 0.174. The van der Waals surface area contributed by atoms with Crippen molar-refractivity contribution < 1.29 is 0 Å². The number of nitrogens with zero attached hydrogens (tertiary/aromatic N) is 6. The fourth-order valence-electron chi connectivity index (χ4n) is 3.53. The number of hydrogen-bond donors (Lipinski definition) is 2. The summed E-state index contributed by atoms with van der Waals surface area (Å²) in [5.74, 6) is 6.28. The van der Waals surface area contributed by atoms with Gasteiger partial charge in [0.15, 0.2) is 0 Å². The van der Waals surface area contributed by atoms with Gasteiger partial charge < -0.3 is 16.1 Å². The van der Waals surface area contributed by atoms with E-state index < -0.39 is 0 Å². The van der Waals surface area contributed by atoms with Gasteiger partial charge in [0.1, 0.15) is 5.82 Å². The minimum atomic E-state index is -0.203. The van der Waals surface area contributed by atoms with Gasteiger partial charge in [-0.15, -0.1) is 0 Å². The Morgan fingerprint density at radius 1 is 0.968 bits per heavy atom. The van der Waals surface area contributed by atoms with E-state index >= 15 is 0 Å². The normalized spacial score (nSPS) is 12.4. The molecule has 0 unspecified atom stereocenters. The zero-order chi connectivity index (χ0) is 22.0. The monoisotopic (exact) mass is 412 g/mol. The molecule has 8 nitrogen and oxygen atoms in total. The molecule has 0 spiro atoms. The quantitative estimate of drug-likeness (QED) is 0.296. The molecule has 2 aromatic carbocycles. The van der Waals surface area contributed by atoms with E-state index in [1.54, 1.807) is 18.6 Å². The maximum Gasteiger partial charge on any atom is 0.219 e. The number of aliphatic imine (C=N–C) groups is 1. The largest absolute Gasteiger partial charge is 0.368 e. The molecular weight excluding hydrogens is 388 g/mol. The number of hydrazone groups is 1. The van der Waals surface area contributed by atoms with Crippen LogP contribution in [-0.2, 0) is 5.54 Å². The van der Waals surface area contributed by atoms with Crippen molar-refractivity contribution in [3.8, 4) is 22.5 Å². The van der Waals surface area contributed by atoms with E-state index in [-0.39, 0.29) is 11.5 Å². The van der Waals surface area contributed by atoms with Gasteiger partial charge in [0.2, 0.25) is 5.95 Å². The van der Waals surface area contributed by atoms with Gasteiger partial charge in [-0.25, -0.2) is 15.0 Å². The van der Waals surface area contributed by atoms with Crippen molar-refractivity contribution in [2.24, 2.45) is 15.9 Å². The third-order valence-electron chi connectivity index (χ3n) is 4.84. The number of hydrogen-bond acceptors (Lipinski definition) is 7. The predicted octanol–water partition coefficient (Wildman–Crippen LogP) is 4.14. The highest BCUT2D eigenvalue weighted by atomic mass is 15.1. The highest BCUT2D eigenvalue weighted by Gasteiger charge is 2.24. The van der Waals surface area contributed by atoms with E-state index in [2.05, 4.69) is 51.5 Å². The van der Waals surface area contributed by atoms with Crippen LogP contribution in [0.15, 0.2) is 65.0 Å². The van der Waals surface area contributed by atoms with Crippen LogP contribution in [0.1, 0.15) is 20.8 Å². The second kappa shape index (κ2) is 7.98. The van der Waals surface area contributed by atoms with Crippen LogP contribution in [0.5, 0.6) is 0 Å². The number of anilines is 1. The summed E-state index contributed by atoms with van der Waals surface area (Å²) in [4.78, 5) is 17.7. The highest BCUT2D eigenvalue weighted by Crippen LogP contribution is 2.36. The Bertz CT molecular complexity index is 1280. The lowest BCUT2D eigenvalue weighted by molar-refractivity contribution is 0.413. The van der Waals surface area contributed by atoms with Crippen molar-refractivity contribution >= 4 is 35.1 Å². The SMILES string of the molecule is CC(C)(C)n1c(-c2ccccc2N=CC=NN)nc2cc(-c3cnc(N)nc3)ccc21. The van der Waals surface area contributed by atoms with Gasteiger partial charge in [-0.05, 0) is 50.6 Å². The summed E-state index contributed by atoms with van der Waals surface area (Å²) in [7, 11) is 0. The lowest BCUT2D eigenvalue weighted by atomic mass is 10.1. The molecule has 2 heterocycles. The molecule has 156 valence electrons. The molecule has 0 saturated heterocycles. The first-order valence-corrected chi connectivity index (χ1v) is 9.84. The zero-order valence-electron chi connectivity index (χ0n) is 17.7. The van der Waals surface area contributed by atoms with Crippen molar-refractivity contribution in [1.82, 2.24) is 19.5 Å². The van der Waals surface area contributed by atoms with E-state index in [1.165, 1.54) is 6.21 Å². The molecule has 0 bridgehead atoms. The highest BCUT2D eigenvalue weighted by molar-refractivity contribution is 6.16. The minimum absolute atomic E-state index is 0.203. The van der Waals surface area contributed by atoms with E-state index in [1.807, 2.05) is 36.4 Å². The molecule has 31 heavy (non-hydrogen) atoms. The zero-order valence-corrected chi connectivity index (χ0v) is 17.7. The fourth-order valence-corrected chi connectivity index (χ4v) is 3.53. The minimum Gasteiger partial charge on any atom is -0.368 e. The third kappa shape index (κ3) is 4.00. The molecule has 0 aliphatic carbocycles. The molecule has 2 aromatic heterocycles. The van der Waals surface area contributed by atoms with Crippen LogP contribution >= 0.6 is 0 Å². The van der Waals surface area contributed by atoms with Crippen LogP contribution in [0, 0.1) is 0 Å². The second-order valence-corrected chi connectivity index (χ2v) is 8.07. The Balaban J connectivity index is 1.93. The van der Waals surface area contributed by atoms with Crippen molar-refractivity contribution in [2.75, 3.05) is 5.73 Å². The summed E-state index contributed by atoms with van der Waals surface area (Å²) < 4.78 is 2.23. The van der Waals surface area contributed by atoms with Gasteiger partial charge in [-0.3, -0.25) is 4.99 Å². The number of nitrogen functional groups attached to an aromatic ring is 1. The van der Waals surface area contributed by atoms with Gasteiger partial charge in [-0.2, -0.15) is 5.10 Å². The molecule has 4 N–H and O–H groups in total. The first-order chi connectivity index (χ1) is 14.9. The van der Waals surface area contributed by atoms with E-state index in [0.717, 1.165) is 39.2 Å². The van der Waals surface area contributed by atoms with E-state index in [4.69, 9.17) is 16.6 Å². The van der Waals surface area contributed by atoms with E-state index in [0.29, 0.717) is 0 Å². The Morgan fingerprint density at radius 3 is 2.42 bits per heavy atom. The summed E-state index contributed by atoms with van der Waals surface area (Å²) in [6.45, 7) is 6.48. The number of aromatic nitrogens is 4. The van der Waals surface area contributed by atoms with Gasteiger partial charge in [0, 0.05) is 35.3 Å². The summed E-state index contributed by atoms with van der Waals surface area (Å²) in [5, 5.41) is 3.48. The predicted molar refractivity (Wildman–Crippen MR) is 126 cm³/mol. The van der Waals surface area contributed by atoms with Crippen molar-refractivity contribution in [3.05, 3.63) is 54.9 Å². The van der Waals surface area contributed by atoms with Crippen LogP contribution in [-0.4, -0.2) is 31.9 Å². The van der Waals surface area contributed by atoms with Gasteiger partial charge >= 0.3 is 0 Å². The van der Waals surface area contributed by atoms with Crippen molar-refractivity contribution in [1.29, 1.82) is 0 Å². The van der Waals surface area contributed by atoms with Gasteiger partial charge in [0.05, 0.1) is 22.9 Å². The van der Waals surface area contributed by atoms with Crippen molar-refractivity contribution in [3.63, 3.8) is 0 Å². The van der Waals surface area contributed by atoms with Crippen LogP contribution in [0.4, 0.5) is 11.6 Å². The molecule has 8 heteroatoms. The smallest absolute Gasteiger partial charge is 0.219 e. The molecule has 0 amide bonds. The number of rotatable bonds is 4.